The molecule has 0 spiro atoms. The van der Waals surface area contributed by atoms with Gasteiger partial charge in [0, 0.05) is 32.7 Å². The van der Waals surface area contributed by atoms with Gasteiger partial charge in [0.1, 0.15) is 4.90 Å². The molecule has 5 nitrogen and oxygen atoms in total. The normalized spacial score (nSPS) is 22.0. The lowest BCUT2D eigenvalue weighted by Crippen LogP contribution is -2.44. The molecule has 0 saturated carbocycles. The lowest BCUT2D eigenvalue weighted by Gasteiger charge is -2.27. The summed E-state index contributed by atoms with van der Waals surface area (Å²) >= 11 is 0. The molecule has 0 bridgehead atoms. The fraction of sp³-hybridized carbons (Fsp3) is 0.385. The Morgan fingerprint density at radius 2 is 2.00 bits per heavy atom. The maximum Gasteiger partial charge on any atom is 0.206 e. The van der Waals surface area contributed by atoms with Crippen LogP contribution in [0.5, 0.6) is 0 Å². The van der Waals surface area contributed by atoms with E-state index < -0.39 is 9.84 Å². The second-order valence-corrected chi connectivity index (χ2v) is 6.85. The summed E-state index contributed by atoms with van der Waals surface area (Å²) in [6, 6.07) is 5.22. The molecule has 2 aliphatic heterocycles. The number of nitrogens with zero attached hydrogens (tertiary/aromatic N) is 1. The maximum absolute atomic E-state index is 12.5. The van der Waals surface area contributed by atoms with Crippen molar-refractivity contribution in [1.29, 1.82) is 0 Å². The van der Waals surface area contributed by atoms with Gasteiger partial charge in [0.25, 0.3) is 0 Å². The first-order chi connectivity index (χ1) is 9.09. The van der Waals surface area contributed by atoms with Gasteiger partial charge in [0.15, 0.2) is 0 Å². The highest BCUT2D eigenvalue weighted by Gasteiger charge is 2.32. The number of nitrogens with two attached hydrogens (primary N) is 1. The number of hydrogen-bond donors (Lipinski definition) is 2. The number of fused-ring (bicyclic) bond motifs is 1. The van der Waals surface area contributed by atoms with E-state index in [0.717, 1.165) is 26.2 Å². The summed E-state index contributed by atoms with van der Waals surface area (Å²) in [5.74, 6) is 0. The molecule has 0 aliphatic carbocycles. The average Bonchev–Trinajstić information content (AvgIpc) is 2.63. The minimum atomic E-state index is -3.40. The first-order valence-corrected chi connectivity index (χ1v) is 7.84. The molecule has 2 aliphatic rings. The maximum atomic E-state index is 12.5. The Labute approximate surface area is 113 Å². The van der Waals surface area contributed by atoms with Crippen LogP contribution < -0.4 is 11.1 Å². The van der Waals surface area contributed by atoms with Gasteiger partial charge in [-0.2, -0.15) is 0 Å². The highest BCUT2D eigenvalue weighted by Crippen LogP contribution is 2.36. The first kappa shape index (κ1) is 12.7. The largest absolute Gasteiger partial charge is 0.398 e. The molecule has 102 valence electrons. The molecule has 3 rings (SSSR count). The van der Waals surface area contributed by atoms with Crippen LogP contribution in [0, 0.1) is 0 Å². The Morgan fingerprint density at radius 3 is 2.68 bits per heavy atom. The van der Waals surface area contributed by atoms with Crippen LogP contribution in [0.1, 0.15) is 5.56 Å². The van der Waals surface area contributed by atoms with Crippen LogP contribution >= 0.6 is 0 Å². The van der Waals surface area contributed by atoms with E-state index in [4.69, 9.17) is 5.73 Å². The average molecular weight is 279 g/mol. The van der Waals surface area contributed by atoms with Crippen molar-refractivity contribution in [3.05, 3.63) is 28.7 Å². The number of anilines is 1. The van der Waals surface area contributed by atoms with Gasteiger partial charge >= 0.3 is 0 Å². The zero-order chi connectivity index (χ0) is 13.5. The molecule has 19 heavy (non-hydrogen) atoms. The van der Waals surface area contributed by atoms with E-state index in [9.17, 15) is 8.42 Å². The van der Waals surface area contributed by atoms with Crippen LogP contribution in [-0.4, -0.2) is 46.0 Å². The molecule has 1 aromatic carbocycles. The topological polar surface area (TPSA) is 75.4 Å². The Bertz CT molecular complexity index is 631. The van der Waals surface area contributed by atoms with Crippen LogP contribution in [-0.2, 0) is 9.84 Å². The Morgan fingerprint density at radius 1 is 1.26 bits per heavy atom. The predicted molar refractivity (Wildman–Crippen MR) is 75.3 cm³/mol. The molecule has 0 unspecified atom stereocenters. The van der Waals surface area contributed by atoms with Crippen molar-refractivity contribution in [3.8, 4) is 0 Å². The third-order valence-electron chi connectivity index (χ3n) is 3.60. The van der Waals surface area contributed by atoms with Crippen LogP contribution in [0.4, 0.5) is 5.69 Å². The monoisotopic (exact) mass is 279 g/mol. The number of piperazine rings is 1. The minimum Gasteiger partial charge on any atom is -0.398 e. The van der Waals surface area contributed by atoms with Crippen molar-refractivity contribution < 1.29 is 8.42 Å². The summed E-state index contributed by atoms with van der Waals surface area (Å²) in [4.78, 5) is 2.89. The highest BCUT2D eigenvalue weighted by atomic mass is 32.2. The van der Waals surface area contributed by atoms with Crippen LogP contribution in [0.15, 0.2) is 28.0 Å². The molecule has 1 fully saturated rings. The Hall–Kier alpha value is -1.37. The third kappa shape index (κ3) is 2.16. The van der Waals surface area contributed by atoms with Gasteiger partial charge in [0.2, 0.25) is 9.84 Å². The summed E-state index contributed by atoms with van der Waals surface area (Å²) in [6.45, 7) is 4.03. The van der Waals surface area contributed by atoms with Gasteiger partial charge in [-0.05, 0) is 17.7 Å². The van der Waals surface area contributed by atoms with E-state index in [1.54, 1.807) is 24.3 Å². The van der Waals surface area contributed by atoms with Crippen molar-refractivity contribution in [2.45, 2.75) is 4.90 Å². The fourth-order valence-electron chi connectivity index (χ4n) is 2.60. The highest BCUT2D eigenvalue weighted by molar-refractivity contribution is 7.96. The van der Waals surface area contributed by atoms with Crippen molar-refractivity contribution in [3.63, 3.8) is 0 Å². The van der Waals surface area contributed by atoms with Crippen molar-refractivity contribution in [2.24, 2.45) is 0 Å². The van der Waals surface area contributed by atoms with E-state index in [1.165, 1.54) is 0 Å². The Kier molecular flexibility index (Phi) is 3.08. The molecule has 0 atom stereocenters. The third-order valence-corrected chi connectivity index (χ3v) is 5.54. The molecular formula is C13H17N3O2S. The second kappa shape index (κ2) is 4.63. The SMILES string of the molecule is Nc1cccc2c1S(=O)(=O)C(CN1CCNCC1)=C2. The van der Waals surface area contributed by atoms with Gasteiger partial charge in [-0.1, -0.05) is 12.1 Å². The molecule has 6 heteroatoms. The first-order valence-electron chi connectivity index (χ1n) is 6.36. The number of nitrogens with one attached hydrogen (secondary N) is 1. The summed E-state index contributed by atoms with van der Waals surface area (Å²) in [7, 11) is -3.40. The van der Waals surface area contributed by atoms with Gasteiger partial charge in [-0.15, -0.1) is 0 Å². The fourth-order valence-corrected chi connectivity index (χ4v) is 4.31. The lowest BCUT2D eigenvalue weighted by molar-refractivity contribution is 0.263. The van der Waals surface area contributed by atoms with E-state index >= 15 is 0 Å². The molecule has 0 amide bonds. The van der Waals surface area contributed by atoms with Gasteiger partial charge in [0.05, 0.1) is 10.6 Å². The molecule has 3 N–H and O–H groups in total. The molecule has 1 aromatic rings. The number of nitrogen functional groups attached to an aromatic ring is 1. The van der Waals surface area contributed by atoms with Crippen molar-refractivity contribution in [2.75, 3.05) is 38.5 Å². The van der Waals surface area contributed by atoms with Gasteiger partial charge < -0.3 is 11.1 Å². The van der Waals surface area contributed by atoms with Crippen molar-refractivity contribution >= 4 is 21.6 Å². The van der Waals surface area contributed by atoms with Crippen LogP contribution in [0.2, 0.25) is 0 Å². The number of benzene rings is 1. The molecule has 0 aromatic heterocycles. The summed E-state index contributed by atoms with van der Waals surface area (Å²) in [5.41, 5.74) is 6.86. The molecule has 0 radical (unpaired) electrons. The number of rotatable bonds is 2. The molecule has 2 heterocycles. The second-order valence-electron chi connectivity index (χ2n) is 4.91. The standard InChI is InChI=1S/C13H17N3O2S/c14-12-3-1-2-10-8-11(19(17,18)13(10)12)9-16-6-4-15-5-7-16/h1-3,8,15H,4-7,9,14H2. The van der Waals surface area contributed by atoms with E-state index in [1.807, 2.05) is 0 Å². The summed E-state index contributed by atoms with van der Waals surface area (Å²) < 4.78 is 25.0. The number of sulfone groups is 1. The number of hydrogen-bond acceptors (Lipinski definition) is 5. The summed E-state index contributed by atoms with van der Waals surface area (Å²) in [6.07, 6.45) is 1.75. The van der Waals surface area contributed by atoms with Crippen LogP contribution in [0.25, 0.3) is 6.08 Å². The predicted octanol–water partition coefficient (Wildman–Crippen LogP) is 0.302. The zero-order valence-electron chi connectivity index (χ0n) is 10.6. The lowest BCUT2D eigenvalue weighted by atomic mass is 10.2. The minimum absolute atomic E-state index is 0.278. The Balaban J connectivity index is 1.91. The summed E-state index contributed by atoms with van der Waals surface area (Å²) in [5, 5.41) is 3.26. The van der Waals surface area contributed by atoms with Crippen molar-refractivity contribution in [1.82, 2.24) is 10.2 Å². The van der Waals surface area contributed by atoms with E-state index in [2.05, 4.69) is 10.2 Å². The van der Waals surface area contributed by atoms with Gasteiger partial charge in [-0.3, -0.25) is 4.90 Å². The van der Waals surface area contributed by atoms with E-state index in [-0.39, 0.29) is 4.90 Å². The van der Waals surface area contributed by atoms with Crippen LogP contribution in [0.3, 0.4) is 0 Å². The zero-order valence-corrected chi connectivity index (χ0v) is 11.4. The molecular weight excluding hydrogens is 262 g/mol. The smallest absolute Gasteiger partial charge is 0.206 e. The molecule has 1 saturated heterocycles. The quantitative estimate of drug-likeness (QED) is 0.762. The van der Waals surface area contributed by atoms with E-state index in [0.29, 0.717) is 22.7 Å². The van der Waals surface area contributed by atoms with Gasteiger partial charge in [-0.25, -0.2) is 8.42 Å².